The van der Waals surface area contributed by atoms with E-state index in [4.69, 9.17) is 21.4 Å². The molecule has 7 heteroatoms. The number of aromatic nitrogens is 2. The van der Waals surface area contributed by atoms with Gasteiger partial charge in [0.05, 0.1) is 23.9 Å². The third kappa shape index (κ3) is 3.82. The SMILES string of the molecule is COC(=O)[C@H]1CC[C@@H](c2ccccc2)N1C(=O)c1nn(-c2ccccc2Cl)c2c1CCCC2. The lowest BCUT2D eigenvalue weighted by atomic mass is 9.95. The van der Waals surface area contributed by atoms with E-state index in [0.717, 1.165) is 48.2 Å². The summed E-state index contributed by atoms with van der Waals surface area (Å²) in [6.07, 6.45) is 4.92. The summed E-state index contributed by atoms with van der Waals surface area (Å²) in [6, 6.07) is 16.6. The van der Waals surface area contributed by atoms with Crippen LogP contribution in [0.25, 0.3) is 5.69 Å². The second-order valence-electron chi connectivity index (χ2n) is 8.60. The van der Waals surface area contributed by atoms with Crippen molar-refractivity contribution in [1.29, 1.82) is 0 Å². The number of para-hydroxylation sites is 1. The van der Waals surface area contributed by atoms with Gasteiger partial charge in [-0.2, -0.15) is 5.10 Å². The quantitative estimate of drug-likeness (QED) is 0.515. The molecule has 0 radical (unpaired) electrons. The van der Waals surface area contributed by atoms with Gasteiger partial charge in [-0.15, -0.1) is 0 Å². The molecule has 0 unspecified atom stereocenters. The monoisotopic (exact) mass is 463 g/mol. The van der Waals surface area contributed by atoms with E-state index in [2.05, 4.69) is 0 Å². The van der Waals surface area contributed by atoms with Crippen molar-refractivity contribution in [2.24, 2.45) is 0 Å². The zero-order valence-electron chi connectivity index (χ0n) is 18.5. The molecule has 0 bridgehead atoms. The van der Waals surface area contributed by atoms with Crippen LogP contribution in [0, 0.1) is 0 Å². The number of amides is 1. The molecule has 0 saturated carbocycles. The molecule has 2 heterocycles. The maximum atomic E-state index is 14.1. The maximum absolute atomic E-state index is 14.1. The number of likely N-dealkylation sites (tertiary alicyclic amines) is 1. The molecule has 6 nitrogen and oxygen atoms in total. The van der Waals surface area contributed by atoms with Crippen LogP contribution in [-0.4, -0.2) is 39.7 Å². The Bertz CT molecular complexity index is 1190. The highest BCUT2D eigenvalue weighted by Gasteiger charge is 2.44. The number of carbonyl (C=O) groups is 2. The van der Waals surface area contributed by atoms with Crippen LogP contribution in [-0.2, 0) is 22.4 Å². The van der Waals surface area contributed by atoms with Crippen LogP contribution in [0.5, 0.6) is 0 Å². The number of fused-ring (bicyclic) bond motifs is 1. The van der Waals surface area contributed by atoms with Gasteiger partial charge in [-0.05, 0) is 56.2 Å². The third-order valence-electron chi connectivity index (χ3n) is 6.74. The minimum atomic E-state index is -0.627. The van der Waals surface area contributed by atoms with Crippen LogP contribution in [0.3, 0.4) is 0 Å². The number of methoxy groups -OCH3 is 1. The van der Waals surface area contributed by atoms with Gasteiger partial charge in [-0.25, -0.2) is 9.48 Å². The van der Waals surface area contributed by atoms with Crippen LogP contribution in [0.15, 0.2) is 54.6 Å². The summed E-state index contributed by atoms with van der Waals surface area (Å²) in [4.78, 5) is 28.4. The molecule has 2 aromatic carbocycles. The predicted octanol–water partition coefficient (Wildman–Crippen LogP) is 4.92. The first-order valence-corrected chi connectivity index (χ1v) is 11.8. The average Bonchev–Trinajstić information content (AvgIpc) is 3.47. The second-order valence-corrected chi connectivity index (χ2v) is 9.01. The average molecular weight is 464 g/mol. The lowest BCUT2D eigenvalue weighted by Crippen LogP contribution is -2.43. The van der Waals surface area contributed by atoms with Crippen LogP contribution in [0.1, 0.15) is 59.0 Å². The summed E-state index contributed by atoms with van der Waals surface area (Å²) in [5.41, 5.74) is 4.19. The summed E-state index contributed by atoms with van der Waals surface area (Å²) in [5, 5.41) is 5.39. The molecule has 33 heavy (non-hydrogen) atoms. The van der Waals surface area contributed by atoms with Crippen molar-refractivity contribution in [3.63, 3.8) is 0 Å². The summed E-state index contributed by atoms with van der Waals surface area (Å²) >= 11 is 6.49. The van der Waals surface area contributed by atoms with Gasteiger partial charge >= 0.3 is 5.97 Å². The molecule has 1 aromatic heterocycles. The van der Waals surface area contributed by atoms with E-state index in [-0.39, 0.29) is 17.9 Å². The second kappa shape index (κ2) is 9.02. The van der Waals surface area contributed by atoms with Crippen molar-refractivity contribution in [3.05, 3.63) is 82.1 Å². The number of rotatable bonds is 4. The van der Waals surface area contributed by atoms with Gasteiger partial charge in [0, 0.05) is 11.3 Å². The van der Waals surface area contributed by atoms with E-state index in [9.17, 15) is 9.59 Å². The minimum Gasteiger partial charge on any atom is -0.467 e. The summed E-state index contributed by atoms with van der Waals surface area (Å²) in [6.45, 7) is 0. The van der Waals surface area contributed by atoms with Crippen LogP contribution in [0.2, 0.25) is 5.02 Å². The predicted molar refractivity (Wildman–Crippen MR) is 126 cm³/mol. The lowest BCUT2D eigenvalue weighted by Gasteiger charge is -2.29. The van der Waals surface area contributed by atoms with Crippen molar-refractivity contribution < 1.29 is 14.3 Å². The standard InChI is InChI=1S/C26H26ClN3O3/c1-33-26(32)23-16-15-20(17-9-3-2-4-10-17)29(23)25(31)24-18-11-5-7-13-21(18)30(28-24)22-14-8-6-12-19(22)27/h2-4,6,8-10,12,14,20,23H,5,7,11,13,15-16H2,1H3/t20-,23+/m0/s1. The van der Waals surface area contributed by atoms with E-state index in [0.29, 0.717) is 23.6 Å². The first-order valence-electron chi connectivity index (χ1n) is 11.4. The Kier molecular flexibility index (Phi) is 5.94. The Labute approximate surface area is 198 Å². The van der Waals surface area contributed by atoms with Crippen molar-refractivity contribution in [1.82, 2.24) is 14.7 Å². The van der Waals surface area contributed by atoms with Crippen LogP contribution in [0.4, 0.5) is 0 Å². The fraction of sp³-hybridized carbons (Fsp3) is 0.346. The van der Waals surface area contributed by atoms with Crippen molar-refractivity contribution in [2.75, 3.05) is 7.11 Å². The highest BCUT2D eigenvalue weighted by Crippen LogP contribution is 2.39. The normalized spacial score (nSPS) is 19.9. The minimum absolute atomic E-state index is 0.201. The van der Waals surface area contributed by atoms with Gasteiger partial charge in [-0.3, -0.25) is 4.79 Å². The smallest absolute Gasteiger partial charge is 0.328 e. The number of halogens is 1. The Balaban J connectivity index is 1.61. The Morgan fingerprint density at radius 3 is 2.48 bits per heavy atom. The fourth-order valence-corrected chi connectivity index (χ4v) is 5.40. The molecular weight excluding hydrogens is 438 g/mol. The van der Waals surface area contributed by atoms with Gasteiger partial charge in [0.25, 0.3) is 5.91 Å². The van der Waals surface area contributed by atoms with Crippen molar-refractivity contribution >= 4 is 23.5 Å². The van der Waals surface area contributed by atoms with Gasteiger partial charge < -0.3 is 9.64 Å². The summed E-state index contributed by atoms with van der Waals surface area (Å²) < 4.78 is 6.89. The molecule has 170 valence electrons. The number of benzene rings is 2. The van der Waals surface area contributed by atoms with Crippen molar-refractivity contribution in [3.8, 4) is 5.69 Å². The van der Waals surface area contributed by atoms with Gasteiger partial charge in [0.1, 0.15) is 6.04 Å². The highest BCUT2D eigenvalue weighted by atomic mass is 35.5. The molecule has 0 spiro atoms. The molecule has 1 saturated heterocycles. The lowest BCUT2D eigenvalue weighted by molar-refractivity contribution is -0.145. The maximum Gasteiger partial charge on any atom is 0.328 e. The van der Waals surface area contributed by atoms with E-state index in [1.807, 2.05) is 59.3 Å². The zero-order chi connectivity index (χ0) is 22.9. The zero-order valence-corrected chi connectivity index (χ0v) is 19.3. The first-order chi connectivity index (χ1) is 16.1. The Hall–Kier alpha value is -3.12. The first kappa shape index (κ1) is 21.7. The third-order valence-corrected chi connectivity index (χ3v) is 7.06. The molecule has 1 amide bonds. The number of ether oxygens (including phenoxy) is 1. The molecular formula is C26H26ClN3O3. The number of nitrogens with zero attached hydrogens (tertiary/aromatic N) is 3. The topological polar surface area (TPSA) is 64.4 Å². The van der Waals surface area contributed by atoms with E-state index in [1.54, 1.807) is 4.90 Å². The van der Waals surface area contributed by atoms with Gasteiger partial charge in [0.15, 0.2) is 5.69 Å². The fourth-order valence-electron chi connectivity index (χ4n) is 5.18. The summed E-state index contributed by atoms with van der Waals surface area (Å²) in [7, 11) is 1.37. The van der Waals surface area contributed by atoms with E-state index in [1.165, 1.54) is 7.11 Å². The molecule has 2 atom stereocenters. The van der Waals surface area contributed by atoms with Gasteiger partial charge in [0.2, 0.25) is 0 Å². The molecule has 3 aromatic rings. The number of hydrogen-bond donors (Lipinski definition) is 0. The number of hydrogen-bond acceptors (Lipinski definition) is 4. The molecule has 2 aliphatic rings. The van der Waals surface area contributed by atoms with E-state index >= 15 is 0 Å². The largest absolute Gasteiger partial charge is 0.467 e. The van der Waals surface area contributed by atoms with E-state index < -0.39 is 6.04 Å². The number of carbonyl (C=O) groups excluding carboxylic acids is 2. The van der Waals surface area contributed by atoms with Crippen LogP contribution < -0.4 is 0 Å². The molecule has 1 fully saturated rings. The Morgan fingerprint density at radius 1 is 1.00 bits per heavy atom. The molecule has 5 rings (SSSR count). The molecule has 1 aliphatic heterocycles. The highest BCUT2D eigenvalue weighted by molar-refractivity contribution is 6.32. The van der Waals surface area contributed by atoms with Crippen molar-refractivity contribution in [2.45, 2.75) is 50.6 Å². The number of esters is 1. The summed E-state index contributed by atoms with van der Waals surface area (Å²) in [5.74, 6) is -0.609. The molecule has 0 N–H and O–H groups in total. The Morgan fingerprint density at radius 2 is 1.73 bits per heavy atom. The van der Waals surface area contributed by atoms with Gasteiger partial charge in [-0.1, -0.05) is 54.1 Å². The van der Waals surface area contributed by atoms with Crippen LogP contribution >= 0.6 is 11.6 Å². The molecule has 1 aliphatic carbocycles.